The Hall–Kier alpha value is -4.03. The van der Waals surface area contributed by atoms with Crippen molar-refractivity contribution in [2.75, 3.05) is 6.26 Å². The highest BCUT2D eigenvalue weighted by Gasteiger charge is 2.20. The summed E-state index contributed by atoms with van der Waals surface area (Å²) in [6.07, 6.45) is 5.89. The van der Waals surface area contributed by atoms with Crippen molar-refractivity contribution in [3.63, 3.8) is 0 Å². The highest BCUT2D eigenvalue weighted by atomic mass is 32.2. The number of aromatic nitrogens is 5. The van der Waals surface area contributed by atoms with E-state index in [0.29, 0.717) is 5.56 Å². The number of H-pyrrole nitrogens is 1. The maximum Gasteiger partial charge on any atom is 0.250 e. The van der Waals surface area contributed by atoms with Gasteiger partial charge >= 0.3 is 0 Å². The molecule has 1 N–H and O–H groups in total. The van der Waals surface area contributed by atoms with Gasteiger partial charge in [-0.2, -0.15) is 19.5 Å². The predicted molar refractivity (Wildman–Crippen MR) is 127 cm³/mol. The molecule has 0 radical (unpaired) electrons. The second-order valence-electron chi connectivity index (χ2n) is 8.53. The number of rotatable bonds is 4. The number of fused-ring (bicyclic) bond motifs is 3. The van der Waals surface area contributed by atoms with E-state index in [9.17, 15) is 13.7 Å². The van der Waals surface area contributed by atoms with Crippen LogP contribution in [0.15, 0.2) is 61.1 Å². The molecule has 0 amide bonds. The Labute approximate surface area is 190 Å². The molecule has 5 rings (SSSR count). The maximum atomic E-state index is 11.8. The summed E-state index contributed by atoms with van der Waals surface area (Å²) in [6.45, 7) is 3.77. The lowest BCUT2D eigenvalue weighted by atomic mass is 9.86. The zero-order valence-corrected chi connectivity index (χ0v) is 19.1. The van der Waals surface area contributed by atoms with Gasteiger partial charge in [0.05, 0.1) is 47.4 Å². The summed E-state index contributed by atoms with van der Waals surface area (Å²) in [5.74, 6) is 0. The number of nitrogens with zero attached hydrogens (tertiary/aromatic N) is 5. The van der Waals surface area contributed by atoms with E-state index < -0.39 is 15.4 Å². The Morgan fingerprint density at radius 3 is 2.42 bits per heavy atom. The first-order valence-electron chi connectivity index (χ1n) is 10.2. The van der Waals surface area contributed by atoms with Crippen molar-refractivity contribution in [1.82, 2.24) is 24.4 Å². The molecule has 0 bridgehead atoms. The zero-order chi connectivity index (χ0) is 23.4. The molecule has 3 heterocycles. The number of nitriles is 1. The Balaban J connectivity index is 1.67. The minimum absolute atomic E-state index is 0.575. The number of hydrogen-bond donors (Lipinski definition) is 1. The molecular formula is C24H20N6O2S. The van der Waals surface area contributed by atoms with Crippen LogP contribution >= 0.6 is 0 Å². The van der Waals surface area contributed by atoms with E-state index in [4.69, 9.17) is 0 Å². The van der Waals surface area contributed by atoms with Crippen LogP contribution in [-0.4, -0.2) is 39.0 Å². The minimum Gasteiger partial charge on any atom is -0.276 e. The van der Waals surface area contributed by atoms with Crippen LogP contribution in [0.3, 0.4) is 0 Å². The van der Waals surface area contributed by atoms with Crippen LogP contribution in [0.4, 0.5) is 0 Å². The van der Waals surface area contributed by atoms with Gasteiger partial charge in [-0.05, 0) is 37.1 Å². The molecule has 2 aromatic carbocycles. The average molecular weight is 457 g/mol. The first kappa shape index (κ1) is 20.8. The van der Waals surface area contributed by atoms with E-state index in [-0.39, 0.29) is 0 Å². The molecular weight excluding hydrogens is 436 g/mol. The number of hydrogen-bond acceptors (Lipinski definition) is 6. The standard InChI is InChI=1S/C24H20N6O2S/c1-24(2,14-25)18-7-4-15(5-8-18)23-22-19-10-16(17-11-27-30(13-17)33(3,31)32)6-9-20(19)26-12-21(22)28-29-23/h4-13H,1-3H3,(H,28,29). The molecule has 5 aromatic rings. The van der Waals surface area contributed by atoms with Crippen LogP contribution in [0.1, 0.15) is 19.4 Å². The van der Waals surface area contributed by atoms with E-state index in [2.05, 4.69) is 26.3 Å². The third-order valence-corrected chi connectivity index (χ3v) is 6.67. The second-order valence-corrected chi connectivity index (χ2v) is 10.4. The van der Waals surface area contributed by atoms with Crippen molar-refractivity contribution in [2.24, 2.45) is 0 Å². The number of aromatic amines is 1. The topological polar surface area (TPSA) is 117 Å². The summed E-state index contributed by atoms with van der Waals surface area (Å²) in [4.78, 5) is 4.53. The summed E-state index contributed by atoms with van der Waals surface area (Å²) in [5, 5.41) is 22.8. The molecule has 0 aliphatic rings. The van der Waals surface area contributed by atoms with Crippen molar-refractivity contribution in [3.8, 4) is 28.5 Å². The predicted octanol–water partition coefficient (Wildman–Crippen LogP) is 4.25. The quantitative estimate of drug-likeness (QED) is 0.432. The molecule has 0 unspecified atom stereocenters. The van der Waals surface area contributed by atoms with E-state index in [1.807, 2.05) is 56.3 Å². The molecule has 164 valence electrons. The summed E-state index contributed by atoms with van der Waals surface area (Å²) >= 11 is 0. The number of pyridine rings is 1. The van der Waals surface area contributed by atoms with Crippen molar-refractivity contribution >= 4 is 31.8 Å². The third kappa shape index (κ3) is 3.54. The zero-order valence-electron chi connectivity index (χ0n) is 18.2. The maximum absolute atomic E-state index is 11.8. The number of benzene rings is 2. The van der Waals surface area contributed by atoms with E-state index >= 15 is 0 Å². The monoisotopic (exact) mass is 456 g/mol. The Kier molecular flexibility index (Phi) is 4.58. The fourth-order valence-corrected chi connectivity index (χ4v) is 4.36. The molecule has 0 aliphatic carbocycles. The lowest BCUT2D eigenvalue weighted by molar-refractivity contribution is 0.586. The first-order valence-corrected chi connectivity index (χ1v) is 12.1. The Bertz CT molecular complexity index is 1670. The van der Waals surface area contributed by atoms with Crippen molar-refractivity contribution in [2.45, 2.75) is 19.3 Å². The summed E-state index contributed by atoms with van der Waals surface area (Å²) in [5.41, 5.74) is 5.16. The summed E-state index contributed by atoms with van der Waals surface area (Å²) in [7, 11) is -3.46. The van der Waals surface area contributed by atoms with Crippen molar-refractivity contribution < 1.29 is 8.42 Å². The molecule has 0 atom stereocenters. The number of nitrogens with one attached hydrogen (secondary N) is 1. The molecule has 3 aromatic heterocycles. The molecule has 0 aliphatic heterocycles. The van der Waals surface area contributed by atoms with Crippen LogP contribution in [-0.2, 0) is 15.4 Å². The van der Waals surface area contributed by atoms with Crippen molar-refractivity contribution in [3.05, 3.63) is 66.6 Å². The second kappa shape index (κ2) is 7.25. The fourth-order valence-electron chi connectivity index (χ4n) is 3.84. The van der Waals surface area contributed by atoms with Gasteiger partial charge in [-0.3, -0.25) is 10.1 Å². The van der Waals surface area contributed by atoms with E-state index in [1.165, 1.54) is 12.4 Å². The van der Waals surface area contributed by atoms with Crippen LogP contribution < -0.4 is 0 Å². The summed E-state index contributed by atoms with van der Waals surface area (Å²) in [6, 6.07) is 15.9. The fraction of sp³-hybridized carbons (Fsp3) is 0.167. The van der Waals surface area contributed by atoms with Gasteiger partial charge in [0.15, 0.2) is 0 Å². The van der Waals surface area contributed by atoms with E-state index in [0.717, 1.165) is 54.5 Å². The molecule has 0 saturated heterocycles. The smallest absolute Gasteiger partial charge is 0.250 e. The van der Waals surface area contributed by atoms with Crippen LogP contribution in [0, 0.1) is 11.3 Å². The lowest BCUT2D eigenvalue weighted by Crippen LogP contribution is -2.13. The molecule has 0 saturated carbocycles. The average Bonchev–Trinajstić information content (AvgIpc) is 3.46. The van der Waals surface area contributed by atoms with Gasteiger partial charge < -0.3 is 0 Å². The minimum atomic E-state index is -3.46. The Morgan fingerprint density at radius 1 is 1.03 bits per heavy atom. The van der Waals surface area contributed by atoms with Gasteiger partial charge in [-0.1, -0.05) is 30.3 Å². The van der Waals surface area contributed by atoms with Gasteiger partial charge in [0.1, 0.15) is 5.69 Å². The molecule has 8 nitrogen and oxygen atoms in total. The molecule has 0 fully saturated rings. The normalized spacial score (nSPS) is 12.3. The van der Waals surface area contributed by atoms with Crippen LogP contribution in [0.5, 0.6) is 0 Å². The SMILES string of the molecule is CC(C)(C#N)c1ccc(-c2n[nH]c3cnc4ccc(-c5cnn(S(C)(=O)=O)c5)cc4c23)cc1. The highest BCUT2D eigenvalue weighted by Crippen LogP contribution is 2.35. The van der Waals surface area contributed by atoms with Gasteiger partial charge in [0.2, 0.25) is 0 Å². The van der Waals surface area contributed by atoms with Gasteiger partial charge in [-0.25, -0.2) is 8.42 Å². The molecule has 9 heteroatoms. The summed E-state index contributed by atoms with van der Waals surface area (Å²) < 4.78 is 24.6. The molecule has 0 spiro atoms. The first-order chi connectivity index (χ1) is 15.7. The van der Waals surface area contributed by atoms with Crippen LogP contribution in [0.25, 0.3) is 44.2 Å². The third-order valence-electron chi connectivity index (χ3n) is 5.79. The lowest BCUT2D eigenvalue weighted by Gasteiger charge is -2.15. The van der Waals surface area contributed by atoms with Gasteiger partial charge in [0, 0.05) is 21.9 Å². The highest BCUT2D eigenvalue weighted by molar-refractivity contribution is 7.89. The van der Waals surface area contributed by atoms with E-state index in [1.54, 1.807) is 6.20 Å². The van der Waals surface area contributed by atoms with Gasteiger partial charge in [0.25, 0.3) is 10.0 Å². The van der Waals surface area contributed by atoms with Gasteiger partial charge in [-0.15, -0.1) is 0 Å². The molecule has 33 heavy (non-hydrogen) atoms. The largest absolute Gasteiger partial charge is 0.276 e. The van der Waals surface area contributed by atoms with Crippen LogP contribution in [0.2, 0.25) is 0 Å². The Morgan fingerprint density at radius 2 is 1.76 bits per heavy atom. The van der Waals surface area contributed by atoms with Crippen molar-refractivity contribution in [1.29, 1.82) is 5.26 Å².